The van der Waals surface area contributed by atoms with Crippen molar-refractivity contribution in [3.63, 3.8) is 0 Å². The van der Waals surface area contributed by atoms with E-state index in [4.69, 9.17) is 5.11 Å². The Morgan fingerprint density at radius 3 is 2.68 bits per heavy atom. The first-order valence-electron chi connectivity index (χ1n) is 5.63. The summed E-state index contributed by atoms with van der Waals surface area (Å²) in [5.41, 5.74) is 0.990. The maximum Gasteiger partial charge on any atom is 0.354 e. The molecule has 0 aliphatic heterocycles. The molecule has 6 nitrogen and oxygen atoms in total. The molecule has 0 fully saturated rings. The number of carboxylic acids is 1. The lowest BCUT2D eigenvalue weighted by Gasteiger charge is -2.01. The average molecular weight is 254 g/mol. The monoisotopic (exact) mass is 254 g/mol. The minimum Gasteiger partial charge on any atom is -0.477 e. The van der Waals surface area contributed by atoms with Crippen molar-refractivity contribution in [2.24, 2.45) is 0 Å². The van der Waals surface area contributed by atoms with Crippen LogP contribution in [0.2, 0.25) is 0 Å². The normalized spacial score (nSPS) is 10.5. The third-order valence-corrected chi connectivity index (χ3v) is 2.70. The lowest BCUT2D eigenvalue weighted by Crippen LogP contribution is -2.06. The highest BCUT2D eigenvalue weighted by molar-refractivity contribution is 5.86. The number of benzene rings is 1. The van der Waals surface area contributed by atoms with E-state index in [0.29, 0.717) is 5.82 Å². The molecule has 0 bridgehead atoms. The summed E-state index contributed by atoms with van der Waals surface area (Å²) in [5.74, 6) is -0.523. The van der Waals surface area contributed by atoms with Gasteiger partial charge in [0.1, 0.15) is 6.33 Å². The minimum atomic E-state index is -1.04. The molecule has 2 aromatic heterocycles. The van der Waals surface area contributed by atoms with Crippen molar-refractivity contribution in [3.8, 4) is 11.5 Å². The molecule has 0 radical (unpaired) electrons. The topological polar surface area (TPSA) is 72.9 Å². The molecule has 19 heavy (non-hydrogen) atoms. The molecule has 0 unspecified atom stereocenters. The Labute approximate surface area is 108 Å². The van der Waals surface area contributed by atoms with Crippen LogP contribution in [0, 0.1) is 0 Å². The van der Waals surface area contributed by atoms with Crippen LogP contribution in [-0.2, 0) is 0 Å². The molecule has 94 valence electrons. The van der Waals surface area contributed by atoms with Crippen LogP contribution in [-0.4, -0.2) is 30.4 Å². The SMILES string of the molecule is O=C(O)c1cncn1-c1ccn(-c2ccccc2)n1. The third kappa shape index (κ3) is 1.99. The lowest BCUT2D eigenvalue weighted by atomic mass is 10.3. The zero-order valence-electron chi connectivity index (χ0n) is 9.84. The number of nitrogens with zero attached hydrogens (tertiary/aromatic N) is 4. The summed E-state index contributed by atoms with van der Waals surface area (Å²) >= 11 is 0. The zero-order chi connectivity index (χ0) is 13.2. The molecule has 2 heterocycles. The Hall–Kier alpha value is -2.89. The number of carboxylic acid groups (broad SMARTS) is 1. The summed E-state index contributed by atoms with van der Waals surface area (Å²) in [6, 6.07) is 11.3. The molecule has 1 N–H and O–H groups in total. The second-order valence-corrected chi connectivity index (χ2v) is 3.91. The summed E-state index contributed by atoms with van der Waals surface area (Å²) in [6.07, 6.45) is 4.50. The fourth-order valence-electron chi connectivity index (χ4n) is 1.80. The number of aromatic carboxylic acids is 1. The van der Waals surface area contributed by atoms with Crippen LogP contribution in [0.15, 0.2) is 55.1 Å². The molecule has 0 spiro atoms. The second kappa shape index (κ2) is 4.41. The highest BCUT2D eigenvalue weighted by atomic mass is 16.4. The van der Waals surface area contributed by atoms with Gasteiger partial charge < -0.3 is 5.11 Å². The van der Waals surface area contributed by atoms with Gasteiger partial charge in [0, 0.05) is 12.3 Å². The van der Waals surface area contributed by atoms with Crippen molar-refractivity contribution in [2.45, 2.75) is 0 Å². The van der Waals surface area contributed by atoms with Gasteiger partial charge in [0.2, 0.25) is 0 Å². The lowest BCUT2D eigenvalue weighted by molar-refractivity contribution is 0.0688. The summed E-state index contributed by atoms with van der Waals surface area (Å²) in [4.78, 5) is 14.9. The van der Waals surface area contributed by atoms with Crippen LogP contribution in [0.1, 0.15) is 10.5 Å². The Balaban J connectivity index is 2.02. The van der Waals surface area contributed by atoms with Crippen molar-refractivity contribution < 1.29 is 9.90 Å². The molecule has 0 atom stereocenters. The number of carbonyl (C=O) groups is 1. The standard InChI is InChI=1S/C13H10N4O2/c18-13(19)11-8-14-9-16(11)12-6-7-17(15-12)10-4-2-1-3-5-10/h1-9H,(H,18,19). The van der Waals surface area contributed by atoms with Crippen LogP contribution in [0.4, 0.5) is 0 Å². The van der Waals surface area contributed by atoms with E-state index in [-0.39, 0.29) is 5.69 Å². The summed E-state index contributed by atoms with van der Waals surface area (Å²) in [5, 5.41) is 13.4. The average Bonchev–Trinajstić information content (AvgIpc) is 3.08. The number of para-hydroxylation sites is 1. The van der Waals surface area contributed by atoms with E-state index >= 15 is 0 Å². The Kier molecular flexibility index (Phi) is 2.60. The maximum atomic E-state index is 11.0. The van der Waals surface area contributed by atoms with Crippen LogP contribution >= 0.6 is 0 Å². The highest BCUT2D eigenvalue weighted by Crippen LogP contribution is 2.12. The fraction of sp³-hybridized carbons (Fsp3) is 0. The van der Waals surface area contributed by atoms with Gasteiger partial charge in [-0.1, -0.05) is 18.2 Å². The van der Waals surface area contributed by atoms with Crippen molar-refractivity contribution in [1.82, 2.24) is 19.3 Å². The van der Waals surface area contributed by atoms with Crippen LogP contribution in [0.5, 0.6) is 0 Å². The van der Waals surface area contributed by atoms with E-state index in [1.165, 1.54) is 17.1 Å². The van der Waals surface area contributed by atoms with Gasteiger partial charge in [-0.15, -0.1) is 5.10 Å². The third-order valence-electron chi connectivity index (χ3n) is 2.70. The van der Waals surface area contributed by atoms with Gasteiger partial charge in [0.15, 0.2) is 11.5 Å². The number of rotatable bonds is 3. The molecule has 0 aliphatic rings. The van der Waals surface area contributed by atoms with Crippen molar-refractivity contribution in [1.29, 1.82) is 0 Å². The zero-order valence-corrected chi connectivity index (χ0v) is 9.84. The van der Waals surface area contributed by atoms with Gasteiger partial charge in [0.25, 0.3) is 0 Å². The van der Waals surface area contributed by atoms with Crippen molar-refractivity contribution in [2.75, 3.05) is 0 Å². The molecular formula is C13H10N4O2. The second-order valence-electron chi connectivity index (χ2n) is 3.91. The predicted molar refractivity (Wildman–Crippen MR) is 67.6 cm³/mol. The molecule has 0 aliphatic carbocycles. The molecular weight excluding hydrogens is 244 g/mol. The fourth-order valence-corrected chi connectivity index (χ4v) is 1.80. The van der Waals surface area contributed by atoms with Gasteiger partial charge in [-0.05, 0) is 12.1 Å². The van der Waals surface area contributed by atoms with Gasteiger partial charge in [-0.25, -0.2) is 14.5 Å². The Morgan fingerprint density at radius 1 is 1.16 bits per heavy atom. The molecule has 0 saturated carbocycles. The largest absolute Gasteiger partial charge is 0.477 e. The number of aromatic nitrogens is 4. The Bertz CT molecular complexity index is 715. The van der Waals surface area contributed by atoms with Gasteiger partial charge in [-0.2, -0.15) is 0 Å². The van der Waals surface area contributed by atoms with Crippen LogP contribution in [0.25, 0.3) is 11.5 Å². The number of hydrogen-bond acceptors (Lipinski definition) is 3. The summed E-state index contributed by atoms with van der Waals surface area (Å²) < 4.78 is 3.11. The molecule has 0 saturated heterocycles. The van der Waals surface area contributed by atoms with E-state index in [2.05, 4.69) is 10.1 Å². The first-order valence-corrected chi connectivity index (χ1v) is 5.63. The van der Waals surface area contributed by atoms with E-state index in [1.54, 1.807) is 16.9 Å². The van der Waals surface area contributed by atoms with E-state index < -0.39 is 5.97 Å². The van der Waals surface area contributed by atoms with Crippen LogP contribution < -0.4 is 0 Å². The molecule has 1 aromatic carbocycles. The summed E-state index contributed by atoms with van der Waals surface area (Å²) in [7, 11) is 0. The smallest absolute Gasteiger partial charge is 0.354 e. The van der Waals surface area contributed by atoms with Gasteiger partial charge in [0.05, 0.1) is 11.9 Å². The molecule has 0 amide bonds. The van der Waals surface area contributed by atoms with E-state index in [9.17, 15) is 4.79 Å². The van der Waals surface area contributed by atoms with Crippen LogP contribution in [0.3, 0.4) is 0 Å². The van der Waals surface area contributed by atoms with E-state index in [1.807, 2.05) is 30.3 Å². The van der Waals surface area contributed by atoms with Crippen molar-refractivity contribution in [3.05, 3.63) is 60.8 Å². The Morgan fingerprint density at radius 2 is 1.95 bits per heavy atom. The summed E-state index contributed by atoms with van der Waals surface area (Å²) in [6.45, 7) is 0. The maximum absolute atomic E-state index is 11.0. The molecule has 3 rings (SSSR count). The molecule has 6 heteroatoms. The molecule has 3 aromatic rings. The first-order chi connectivity index (χ1) is 9.25. The highest BCUT2D eigenvalue weighted by Gasteiger charge is 2.13. The number of imidazole rings is 1. The number of hydrogen-bond donors (Lipinski definition) is 1. The van der Waals surface area contributed by atoms with Gasteiger partial charge >= 0.3 is 5.97 Å². The van der Waals surface area contributed by atoms with Crippen molar-refractivity contribution >= 4 is 5.97 Å². The quantitative estimate of drug-likeness (QED) is 0.772. The minimum absolute atomic E-state index is 0.0818. The van der Waals surface area contributed by atoms with E-state index in [0.717, 1.165) is 5.69 Å². The predicted octanol–water partition coefficient (Wildman–Crippen LogP) is 1.76. The van der Waals surface area contributed by atoms with Gasteiger partial charge in [-0.3, -0.25) is 4.57 Å². The first kappa shape index (κ1) is 11.2.